The van der Waals surface area contributed by atoms with Gasteiger partial charge in [-0.3, -0.25) is 9.59 Å². The molecule has 0 radical (unpaired) electrons. The summed E-state index contributed by atoms with van der Waals surface area (Å²) in [7, 11) is 0. The van der Waals surface area contributed by atoms with Crippen LogP contribution in [0.5, 0.6) is 0 Å². The number of carbonyl (C=O) groups is 2. The van der Waals surface area contributed by atoms with E-state index in [9.17, 15) is 9.59 Å². The van der Waals surface area contributed by atoms with Crippen LogP contribution < -0.4 is 0 Å². The Labute approximate surface area is 121 Å². The van der Waals surface area contributed by atoms with E-state index in [-0.39, 0.29) is 41.3 Å². The quantitative estimate of drug-likeness (QED) is 0.775. The first-order valence-electron chi connectivity index (χ1n) is 7.97. The van der Waals surface area contributed by atoms with Crippen LogP contribution in [0.4, 0.5) is 0 Å². The van der Waals surface area contributed by atoms with Crippen LogP contribution in [0.3, 0.4) is 0 Å². The molecule has 3 atom stereocenters. The molecule has 0 spiro atoms. The lowest BCUT2D eigenvalue weighted by molar-refractivity contribution is -0.167. The van der Waals surface area contributed by atoms with Gasteiger partial charge >= 0.3 is 0 Å². The molecule has 2 aliphatic heterocycles. The van der Waals surface area contributed by atoms with E-state index in [4.69, 9.17) is 0 Å². The molecule has 0 aromatic rings. The predicted molar refractivity (Wildman–Crippen MR) is 77.0 cm³/mol. The fraction of sp³-hybridized carbons (Fsp3) is 0.875. The summed E-state index contributed by atoms with van der Waals surface area (Å²) in [5.41, 5.74) is 0.180. The molecule has 112 valence electrons. The monoisotopic (exact) mass is 278 g/mol. The summed E-state index contributed by atoms with van der Waals surface area (Å²) < 4.78 is 0. The molecule has 20 heavy (non-hydrogen) atoms. The van der Waals surface area contributed by atoms with E-state index in [1.165, 1.54) is 0 Å². The number of hydrogen-bond donors (Lipinski definition) is 0. The molecular formula is C16H26N2O2. The number of amides is 2. The molecule has 1 saturated carbocycles. The van der Waals surface area contributed by atoms with Crippen LogP contribution in [0.15, 0.2) is 0 Å². The fourth-order valence-electron chi connectivity index (χ4n) is 3.92. The molecule has 1 aliphatic carbocycles. The molecule has 0 aromatic carbocycles. The summed E-state index contributed by atoms with van der Waals surface area (Å²) in [6.45, 7) is 9.27. The number of carbonyl (C=O) groups excluding carboxylic acids is 2. The summed E-state index contributed by atoms with van der Waals surface area (Å²) in [6.07, 6.45) is 3.98. The van der Waals surface area contributed by atoms with Crippen LogP contribution in [0.2, 0.25) is 0 Å². The molecule has 0 aromatic heterocycles. The Morgan fingerprint density at radius 2 is 1.80 bits per heavy atom. The third kappa shape index (κ3) is 1.95. The van der Waals surface area contributed by atoms with Crippen molar-refractivity contribution in [3.63, 3.8) is 0 Å². The second-order valence-corrected chi connectivity index (χ2v) is 7.69. The van der Waals surface area contributed by atoms with Crippen LogP contribution in [0, 0.1) is 11.3 Å². The topological polar surface area (TPSA) is 40.6 Å². The van der Waals surface area contributed by atoms with Gasteiger partial charge in [0.25, 0.3) is 0 Å². The maximum Gasteiger partial charge on any atom is 0.246 e. The molecule has 0 bridgehead atoms. The van der Waals surface area contributed by atoms with Gasteiger partial charge in [-0.05, 0) is 37.0 Å². The number of rotatable bonds is 2. The summed E-state index contributed by atoms with van der Waals surface area (Å²) in [5, 5.41) is 0. The molecule has 3 rings (SSSR count). The zero-order valence-corrected chi connectivity index (χ0v) is 13.1. The molecular weight excluding hydrogens is 252 g/mol. The van der Waals surface area contributed by atoms with Gasteiger partial charge < -0.3 is 9.80 Å². The number of piperidine rings is 1. The van der Waals surface area contributed by atoms with E-state index in [0.717, 1.165) is 32.2 Å². The fourth-order valence-corrected chi connectivity index (χ4v) is 3.92. The van der Waals surface area contributed by atoms with Crippen molar-refractivity contribution in [3.05, 3.63) is 0 Å². The Morgan fingerprint density at radius 1 is 1.15 bits per heavy atom. The van der Waals surface area contributed by atoms with Gasteiger partial charge in [-0.25, -0.2) is 0 Å². The van der Waals surface area contributed by atoms with Crippen molar-refractivity contribution in [1.82, 2.24) is 9.80 Å². The average Bonchev–Trinajstić information content (AvgIpc) is 3.01. The smallest absolute Gasteiger partial charge is 0.246 e. The van der Waals surface area contributed by atoms with Gasteiger partial charge in [0.2, 0.25) is 11.8 Å². The number of piperazine rings is 1. The minimum atomic E-state index is -0.247. The Kier molecular flexibility index (Phi) is 3.11. The Bertz CT molecular complexity index is 444. The van der Waals surface area contributed by atoms with Crippen LogP contribution in [0.25, 0.3) is 0 Å². The molecule has 0 N–H and O–H groups in total. The maximum atomic E-state index is 12.9. The first-order valence-corrected chi connectivity index (χ1v) is 7.97. The normalized spacial score (nSPS) is 36.4. The standard InChI is InChI=1S/C16H26N2O2/c1-10(2)13-15(20)17-8-6-5-7-11(17)14(19)18(13)12-9-16(12,3)4/h10-13H,5-9H2,1-4H3. The summed E-state index contributed by atoms with van der Waals surface area (Å²) in [5.74, 6) is 0.580. The SMILES string of the molecule is CC(C)C1C(=O)N2CCCCC2C(=O)N1C1CC1(C)C. The van der Waals surface area contributed by atoms with Crippen molar-refractivity contribution in [2.24, 2.45) is 11.3 Å². The van der Waals surface area contributed by atoms with Crippen molar-refractivity contribution in [1.29, 1.82) is 0 Å². The number of nitrogens with zero attached hydrogens (tertiary/aromatic N) is 2. The summed E-state index contributed by atoms with van der Waals surface area (Å²) >= 11 is 0. The summed E-state index contributed by atoms with van der Waals surface area (Å²) in [6, 6.07) is -0.165. The molecule has 2 heterocycles. The van der Waals surface area contributed by atoms with E-state index in [1.807, 2.05) is 9.80 Å². The lowest BCUT2D eigenvalue weighted by atomic mass is 9.90. The van der Waals surface area contributed by atoms with Crippen LogP contribution in [-0.2, 0) is 9.59 Å². The van der Waals surface area contributed by atoms with E-state index >= 15 is 0 Å². The zero-order chi connectivity index (χ0) is 14.7. The molecule has 2 saturated heterocycles. The Hall–Kier alpha value is -1.06. The van der Waals surface area contributed by atoms with Crippen molar-refractivity contribution in [2.45, 2.75) is 71.5 Å². The highest BCUT2D eigenvalue weighted by Gasteiger charge is 2.58. The maximum absolute atomic E-state index is 12.9. The second kappa shape index (κ2) is 4.47. The minimum Gasteiger partial charge on any atom is -0.329 e. The van der Waals surface area contributed by atoms with Gasteiger partial charge in [0.15, 0.2) is 0 Å². The van der Waals surface area contributed by atoms with Crippen molar-refractivity contribution in [3.8, 4) is 0 Å². The average molecular weight is 278 g/mol. The van der Waals surface area contributed by atoms with Crippen molar-refractivity contribution >= 4 is 11.8 Å². The summed E-state index contributed by atoms with van der Waals surface area (Å²) in [4.78, 5) is 29.6. The van der Waals surface area contributed by atoms with Gasteiger partial charge in [-0.1, -0.05) is 27.7 Å². The number of fused-ring (bicyclic) bond motifs is 1. The molecule has 3 unspecified atom stereocenters. The van der Waals surface area contributed by atoms with Crippen LogP contribution >= 0.6 is 0 Å². The van der Waals surface area contributed by atoms with E-state index in [0.29, 0.717) is 0 Å². The highest BCUT2D eigenvalue weighted by Crippen LogP contribution is 2.51. The first-order chi connectivity index (χ1) is 9.34. The molecule has 3 aliphatic rings. The van der Waals surface area contributed by atoms with E-state index in [1.54, 1.807) is 0 Å². The molecule has 3 fully saturated rings. The van der Waals surface area contributed by atoms with Gasteiger partial charge in [-0.2, -0.15) is 0 Å². The van der Waals surface area contributed by atoms with Gasteiger partial charge in [0.05, 0.1) is 0 Å². The lowest BCUT2D eigenvalue weighted by Crippen LogP contribution is -2.67. The zero-order valence-electron chi connectivity index (χ0n) is 13.1. The Balaban J connectivity index is 1.93. The largest absolute Gasteiger partial charge is 0.329 e. The second-order valence-electron chi connectivity index (χ2n) is 7.69. The highest BCUT2D eigenvalue weighted by atomic mass is 16.2. The highest BCUT2D eigenvalue weighted by molar-refractivity contribution is 5.97. The Morgan fingerprint density at radius 3 is 2.35 bits per heavy atom. The van der Waals surface area contributed by atoms with Gasteiger partial charge in [-0.15, -0.1) is 0 Å². The van der Waals surface area contributed by atoms with Gasteiger partial charge in [0, 0.05) is 12.6 Å². The van der Waals surface area contributed by atoms with Crippen LogP contribution in [0.1, 0.15) is 53.4 Å². The third-order valence-electron chi connectivity index (χ3n) is 5.31. The third-order valence-corrected chi connectivity index (χ3v) is 5.31. The minimum absolute atomic E-state index is 0.178. The molecule has 4 heteroatoms. The van der Waals surface area contributed by atoms with Crippen LogP contribution in [-0.4, -0.2) is 46.3 Å². The van der Waals surface area contributed by atoms with Gasteiger partial charge in [0.1, 0.15) is 12.1 Å². The van der Waals surface area contributed by atoms with E-state index in [2.05, 4.69) is 27.7 Å². The lowest BCUT2D eigenvalue weighted by Gasteiger charge is -2.49. The number of hydrogen-bond acceptors (Lipinski definition) is 2. The van der Waals surface area contributed by atoms with E-state index < -0.39 is 0 Å². The molecule has 2 amide bonds. The first kappa shape index (κ1) is 13.9. The molecule has 4 nitrogen and oxygen atoms in total. The van der Waals surface area contributed by atoms with Crippen molar-refractivity contribution in [2.75, 3.05) is 6.54 Å². The van der Waals surface area contributed by atoms with Crippen molar-refractivity contribution < 1.29 is 9.59 Å². The predicted octanol–water partition coefficient (Wildman–Crippen LogP) is 2.03.